The number of tetrazole rings is 1. The fourth-order valence-corrected chi connectivity index (χ4v) is 3.13. The molecule has 1 aliphatic carbocycles. The minimum absolute atomic E-state index is 0.133. The van der Waals surface area contributed by atoms with Gasteiger partial charge in [-0.3, -0.25) is 4.79 Å². The summed E-state index contributed by atoms with van der Waals surface area (Å²) >= 11 is 1.47. The number of aromatic nitrogens is 4. The van der Waals surface area contributed by atoms with Gasteiger partial charge in [-0.15, -0.1) is 5.10 Å². The second-order valence-corrected chi connectivity index (χ2v) is 5.85. The molecule has 0 N–H and O–H groups in total. The van der Waals surface area contributed by atoms with Gasteiger partial charge >= 0.3 is 0 Å². The van der Waals surface area contributed by atoms with Crippen molar-refractivity contribution < 1.29 is 4.79 Å². The Balaban J connectivity index is 1.93. The fourth-order valence-electron chi connectivity index (χ4n) is 2.16. The molecule has 0 aromatic carbocycles. The third-order valence-corrected chi connectivity index (χ3v) is 4.59. The standard InChI is InChI=1S/C12H20N4OS/c1-3-9(2)11(17)8-18-12-13-14-15-16(12)10-6-4-5-7-10/h9-10H,3-8H2,1-2H3. The van der Waals surface area contributed by atoms with Gasteiger partial charge in [0, 0.05) is 5.92 Å². The Hall–Kier alpha value is -0.910. The zero-order valence-corrected chi connectivity index (χ0v) is 11.8. The summed E-state index contributed by atoms with van der Waals surface area (Å²) in [4.78, 5) is 11.8. The molecule has 1 aliphatic rings. The van der Waals surface area contributed by atoms with Gasteiger partial charge in [-0.1, -0.05) is 38.5 Å². The minimum Gasteiger partial charge on any atom is -0.298 e. The summed E-state index contributed by atoms with van der Waals surface area (Å²) in [6.45, 7) is 4.01. The highest BCUT2D eigenvalue weighted by Crippen LogP contribution is 2.31. The molecule has 100 valence electrons. The number of carbonyl (C=O) groups is 1. The van der Waals surface area contributed by atoms with Gasteiger partial charge in [0.1, 0.15) is 5.78 Å². The highest BCUT2D eigenvalue weighted by molar-refractivity contribution is 7.99. The molecule has 2 rings (SSSR count). The molecule has 1 aromatic heterocycles. The third-order valence-electron chi connectivity index (χ3n) is 3.64. The van der Waals surface area contributed by atoms with Crippen LogP contribution in [0.4, 0.5) is 0 Å². The third kappa shape index (κ3) is 3.10. The molecule has 6 heteroatoms. The maximum atomic E-state index is 11.8. The maximum absolute atomic E-state index is 11.8. The molecule has 0 spiro atoms. The highest BCUT2D eigenvalue weighted by atomic mass is 32.2. The molecule has 1 aromatic rings. The number of hydrogen-bond donors (Lipinski definition) is 0. The van der Waals surface area contributed by atoms with Gasteiger partial charge in [0.15, 0.2) is 0 Å². The van der Waals surface area contributed by atoms with E-state index in [0.29, 0.717) is 11.8 Å². The largest absolute Gasteiger partial charge is 0.298 e. The van der Waals surface area contributed by atoms with Gasteiger partial charge < -0.3 is 0 Å². The first-order chi connectivity index (χ1) is 8.72. The van der Waals surface area contributed by atoms with Crippen molar-refractivity contribution in [1.82, 2.24) is 20.2 Å². The molecule has 1 heterocycles. The van der Waals surface area contributed by atoms with Crippen molar-refractivity contribution in [2.75, 3.05) is 5.75 Å². The molecule has 0 aliphatic heterocycles. The van der Waals surface area contributed by atoms with Crippen LogP contribution in [0.5, 0.6) is 0 Å². The topological polar surface area (TPSA) is 60.7 Å². The van der Waals surface area contributed by atoms with E-state index in [9.17, 15) is 4.79 Å². The molecule has 5 nitrogen and oxygen atoms in total. The van der Waals surface area contributed by atoms with Crippen molar-refractivity contribution in [1.29, 1.82) is 0 Å². The van der Waals surface area contributed by atoms with E-state index in [0.717, 1.165) is 24.4 Å². The summed E-state index contributed by atoms with van der Waals surface area (Å²) in [5.41, 5.74) is 0. The highest BCUT2D eigenvalue weighted by Gasteiger charge is 2.22. The van der Waals surface area contributed by atoms with Crippen LogP contribution in [0, 0.1) is 5.92 Å². The molecule has 18 heavy (non-hydrogen) atoms. The molecule has 0 amide bonds. The molecule has 0 bridgehead atoms. The summed E-state index contributed by atoms with van der Waals surface area (Å²) in [6, 6.07) is 0.432. The van der Waals surface area contributed by atoms with Crippen molar-refractivity contribution in [2.45, 2.75) is 57.1 Å². The zero-order chi connectivity index (χ0) is 13.0. The van der Waals surface area contributed by atoms with Crippen molar-refractivity contribution >= 4 is 17.5 Å². The summed E-state index contributed by atoms with van der Waals surface area (Å²) in [5.74, 6) is 0.888. The number of thioether (sulfide) groups is 1. The summed E-state index contributed by atoms with van der Waals surface area (Å²) in [5, 5.41) is 12.6. The van der Waals surface area contributed by atoms with Crippen LogP contribution in [0.15, 0.2) is 5.16 Å². The molecule has 1 atom stereocenters. The monoisotopic (exact) mass is 268 g/mol. The molecular formula is C12H20N4OS. The number of nitrogens with zero attached hydrogens (tertiary/aromatic N) is 4. The van der Waals surface area contributed by atoms with E-state index in [1.165, 1.54) is 24.6 Å². The van der Waals surface area contributed by atoms with Crippen LogP contribution >= 0.6 is 11.8 Å². The van der Waals surface area contributed by atoms with E-state index in [-0.39, 0.29) is 11.7 Å². The van der Waals surface area contributed by atoms with Gasteiger partial charge in [0.25, 0.3) is 0 Å². The van der Waals surface area contributed by atoms with E-state index < -0.39 is 0 Å². The molecule has 0 saturated heterocycles. The van der Waals surface area contributed by atoms with Gasteiger partial charge in [-0.2, -0.15) is 0 Å². The predicted molar refractivity (Wildman–Crippen MR) is 70.5 cm³/mol. The van der Waals surface area contributed by atoms with Crippen LogP contribution in [-0.2, 0) is 4.79 Å². The number of carbonyl (C=O) groups excluding carboxylic acids is 1. The summed E-state index contributed by atoms with van der Waals surface area (Å²) < 4.78 is 1.90. The van der Waals surface area contributed by atoms with Crippen LogP contribution in [0.25, 0.3) is 0 Å². The average molecular weight is 268 g/mol. The zero-order valence-electron chi connectivity index (χ0n) is 11.0. The minimum atomic E-state index is 0.133. The predicted octanol–water partition coefficient (Wildman–Crippen LogP) is 2.50. The first kappa shape index (κ1) is 13.5. The lowest BCUT2D eigenvalue weighted by atomic mass is 10.1. The van der Waals surface area contributed by atoms with Crippen LogP contribution in [-0.4, -0.2) is 31.7 Å². The van der Waals surface area contributed by atoms with Crippen molar-refractivity contribution in [2.24, 2.45) is 5.92 Å². The Kier molecular flexibility index (Phi) is 4.74. The van der Waals surface area contributed by atoms with Gasteiger partial charge in [-0.05, 0) is 29.7 Å². The first-order valence-electron chi connectivity index (χ1n) is 6.65. The van der Waals surface area contributed by atoms with Gasteiger partial charge in [-0.25, -0.2) is 4.68 Å². The van der Waals surface area contributed by atoms with Crippen molar-refractivity contribution in [3.63, 3.8) is 0 Å². The van der Waals surface area contributed by atoms with E-state index >= 15 is 0 Å². The lowest BCUT2D eigenvalue weighted by Crippen LogP contribution is -2.14. The summed E-state index contributed by atoms with van der Waals surface area (Å²) in [6.07, 6.45) is 5.70. The Labute approximate surface area is 112 Å². The second-order valence-electron chi connectivity index (χ2n) is 4.91. The van der Waals surface area contributed by atoms with Crippen LogP contribution in [0.3, 0.4) is 0 Å². The van der Waals surface area contributed by atoms with Crippen LogP contribution in [0.2, 0.25) is 0 Å². The lowest BCUT2D eigenvalue weighted by molar-refractivity contribution is -0.119. The average Bonchev–Trinajstić information content (AvgIpc) is 3.04. The molecular weight excluding hydrogens is 248 g/mol. The van der Waals surface area contributed by atoms with Gasteiger partial charge in [0.05, 0.1) is 11.8 Å². The second kappa shape index (κ2) is 6.31. The van der Waals surface area contributed by atoms with E-state index in [1.54, 1.807) is 0 Å². The van der Waals surface area contributed by atoms with Crippen molar-refractivity contribution in [3.8, 4) is 0 Å². The fraction of sp³-hybridized carbons (Fsp3) is 0.833. The lowest BCUT2D eigenvalue weighted by Gasteiger charge is -2.11. The molecule has 0 radical (unpaired) electrons. The molecule has 1 unspecified atom stereocenters. The Morgan fingerprint density at radius 3 is 2.89 bits per heavy atom. The molecule has 1 fully saturated rings. The Morgan fingerprint density at radius 2 is 2.22 bits per heavy atom. The number of rotatable bonds is 6. The first-order valence-corrected chi connectivity index (χ1v) is 7.64. The maximum Gasteiger partial charge on any atom is 0.210 e. The molecule has 1 saturated carbocycles. The Bertz CT molecular complexity index is 401. The quantitative estimate of drug-likeness (QED) is 0.742. The number of Topliss-reactive ketones (excluding diaryl/α,β-unsaturated/α-hetero) is 1. The smallest absolute Gasteiger partial charge is 0.210 e. The summed E-state index contributed by atoms with van der Waals surface area (Å²) in [7, 11) is 0. The van der Waals surface area contributed by atoms with Crippen molar-refractivity contribution in [3.05, 3.63) is 0 Å². The number of ketones is 1. The normalized spacial score (nSPS) is 18.1. The number of hydrogen-bond acceptors (Lipinski definition) is 5. The Morgan fingerprint density at radius 1 is 1.50 bits per heavy atom. The SMILES string of the molecule is CCC(C)C(=O)CSc1nnnn1C1CCCC1. The van der Waals surface area contributed by atoms with Crippen LogP contribution < -0.4 is 0 Å². The van der Waals surface area contributed by atoms with Crippen LogP contribution in [0.1, 0.15) is 52.0 Å². The van der Waals surface area contributed by atoms with Gasteiger partial charge in [0.2, 0.25) is 5.16 Å². The van der Waals surface area contributed by atoms with E-state index in [1.807, 2.05) is 18.5 Å². The van der Waals surface area contributed by atoms with E-state index in [4.69, 9.17) is 0 Å². The van der Waals surface area contributed by atoms with E-state index in [2.05, 4.69) is 15.5 Å².